The summed E-state index contributed by atoms with van der Waals surface area (Å²) in [7, 11) is 1.53. The van der Waals surface area contributed by atoms with E-state index >= 15 is 0 Å². The molecule has 0 aliphatic carbocycles. The Morgan fingerprint density at radius 1 is 1.20 bits per heavy atom. The van der Waals surface area contributed by atoms with Crippen LogP contribution >= 0.6 is 0 Å². The van der Waals surface area contributed by atoms with Crippen LogP contribution in [0.2, 0.25) is 0 Å². The Kier molecular flexibility index (Phi) is 4.53. The Bertz CT molecular complexity index is 590. The van der Waals surface area contributed by atoms with E-state index in [4.69, 9.17) is 4.74 Å². The van der Waals surface area contributed by atoms with Gasteiger partial charge in [0.25, 0.3) is 0 Å². The largest absolute Gasteiger partial charge is 0.497 e. The summed E-state index contributed by atoms with van der Waals surface area (Å²) < 4.78 is 31.5. The molecule has 2 rings (SSSR count). The second-order valence-electron chi connectivity index (χ2n) is 4.27. The first-order chi connectivity index (χ1) is 9.61. The molecule has 0 saturated heterocycles. The van der Waals surface area contributed by atoms with Gasteiger partial charge in [-0.2, -0.15) is 0 Å². The molecule has 3 nitrogen and oxygen atoms in total. The number of hydrogen-bond donors (Lipinski definition) is 2. The number of ether oxygens (including phenoxy) is 1. The normalized spacial score (nSPS) is 12.0. The van der Waals surface area contributed by atoms with Crippen LogP contribution in [0.4, 0.5) is 14.5 Å². The fourth-order valence-electron chi connectivity index (χ4n) is 1.81. The molecule has 0 aliphatic heterocycles. The van der Waals surface area contributed by atoms with Gasteiger partial charge in [0.15, 0.2) is 11.6 Å². The molecule has 0 fully saturated rings. The lowest BCUT2D eigenvalue weighted by molar-refractivity contribution is 0.191. The summed E-state index contributed by atoms with van der Waals surface area (Å²) in [5.74, 6) is -1.25. The van der Waals surface area contributed by atoms with Crippen molar-refractivity contribution in [3.05, 3.63) is 59.7 Å². The fourth-order valence-corrected chi connectivity index (χ4v) is 1.81. The molecular formula is C15H15F2NO2. The Labute approximate surface area is 115 Å². The maximum Gasteiger partial charge on any atom is 0.181 e. The molecule has 106 valence electrons. The maximum atomic E-state index is 13.4. The highest BCUT2D eigenvalue weighted by Crippen LogP contribution is 2.21. The zero-order valence-electron chi connectivity index (χ0n) is 10.9. The second-order valence-corrected chi connectivity index (χ2v) is 4.27. The number of aliphatic hydroxyl groups excluding tert-OH is 1. The molecule has 1 atom stereocenters. The summed E-state index contributed by atoms with van der Waals surface area (Å²) in [6, 6.07) is 10.8. The third-order valence-electron chi connectivity index (χ3n) is 2.92. The van der Waals surface area contributed by atoms with Crippen molar-refractivity contribution in [3.8, 4) is 5.75 Å². The number of rotatable bonds is 5. The highest BCUT2D eigenvalue weighted by atomic mass is 19.2. The van der Waals surface area contributed by atoms with Gasteiger partial charge < -0.3 is 15.2 Å². The van der Waals surface area contributed by atoms with E-state index in [1.165, 1.54) is 19.2 Å². The summed E-state index contributed by atoms with van der Waals surface area (Å²) in [6.07, 6.45) is -0.854. The van der Waals surface area contributed by atoms with Crippen molar-refractivity contribution < 1.29 is 18.6 Å². The van der Waals surface area contributed by atoms with Crippen LogP contribution in [-0.4, -0.2) is 18.8 Å². The average Bonchev–Trinajstić information content (AvgIpc) is 2.48. The van der Waals surface area contributed by atoms with Crippen molar-refractivity contribution in [2.75, 3.05) is 19.0 Å². The fraction of sp³-hybridized carbons (Fsp3) is 0.200. The molecule has 2 aromatic carbocycles. The van der Waals surface area contributed by atoms with Crippen LogP contribution in [0.5, 0.6) is 5.75 Å². The summed E-state index contributed by atoms with van der Waals surface area (Å²) in [4.78, 5) is 0. The van der Waals surface area contributed by atoms with Crippen molar-refractivity contribution in [3.63, 3.8) is 0 Å². The van der Waals surface area contributed by atoms with Gasteiger partial charge >= 0.3 is 0 Å². The Balaban J connectivity index is 2.04. The minimum atomic E-state index is -0.953. The summed E-state index contributed by atoms with van der Waals surface area (Å²) in [6.45, 7) is 0.0630. The zero-order valence-corrected chi connectivity index (χ0v) is 10.9. The number of benzene rings is 2. The smallest absolute Gasteiger partial charge is 0.181 e. The van der Waals surface area contributed by atoms with Gasteiger partial charge in [-0.05, 0) is 29.8 Å². The molecular weight excluding hydrogens is 264 g/mol. The standard InChI is InChI=1S/C15H15F2NO2/c1-20-11-5-2-4-10(8-11)14(19)9-18-13-7-3-6-12(16)15(13)17/h2-8,14,18-19H,9H2,1H3. The Morgan fingerprint density at radius 2 is 1.95 bits per heavy atom. The first-order valence-corrected chi connectivity index (χ1v) is 6.11. The van der Waals surface area contributed by atoms with Crippen LogP contribution in [0, 0.1) is 11.6 Å². The van der Waals surface area contributed by atoms with E-state index in [0.717, 1.165) is 6.07 Å². The molecule has 20 heavy (non-hydrogen) atoms. The van der Waals surface area contributed by atoms with E-state index < -0.39 is 17.7 Å². The molecule has 2 N–H and O–H groups in total. The van der Waals surface area contributed by atoms with Crippen molar-refractivity contribution in [1.82, 2.24) is 0 Å². The van der Waals surface area contributed by atoms with Crippen LogP contribution in [-0.2, 0) is 0 Å². The van der Waals surface area contributed by atoms with Gasteiger partial charge in [-0.25, -0.2) is 8.78 Å². The van der Waals surface area contributed by atoms with Gasteiger partial charge in [0.1, 0.15) is 5.75 Å². The molecule has 5 heteroatoms. The quantitative estimate of drug-likeness (QED) is 0.883. The summed E-state index contributed by atoms with van der Waals surface area (Å²) in [5, 5.41) is 12.7. The molecule has 0 aliphatic rings. The number of anilines is 1. The summed E-state index contributed by atoms with van der Waals surface area (Å²) in [5.41, 5.74) is 0.653. The van der Waals surface area contributed by atoms with Gasteiger partial charge in [-0.3, -0.25) is 0 Å². The molecule has 1 unspecified atom stereocenters. The lowest BCUT2D eigenvalue weighted by Gasteiger charge is -2.14. The van der Waals surface area contributed by atoms with Crippen molar-refractivity contribution >= 4 is 5.69 Å². The summed E-state index contributed by atoms with van der Waals surface area (Å²) >= 11 is 0. The van der Waals surface area contributed by atoms with Gasteiger partial charge in [-0.1, -0.05) is 18.2 Å². The van der Waals surface area contributed by atoms with Crippen LogP contribution in [0.15, 0.2) is 42.5 Å². The Morgan fingerprint density at radius 3 is 2.70 bits per heavy atom. The van der Waals surface area contributed by atoms with Gasteiger partial charge in [-0.15, -0.1) is 0 Å². The van der Waals surface area contributed by atoms with E-state index in [1.807, 2.05) is 0 Å². The average molecular weight is 279 g/mol. The number of hydrogen-bond acceptors (Lipinski definition) is 3. The van der Waals surface area contributed by atoms with Gasteiger partial charge in [0.2, 0.25) is 0 Å². The minimum absolute atomic E-state index is 0.0203. The SMILES string of the molecule is COc1cccc(C(O)CNc2cccc(F)c2F)c1. The van der Waals surface area contributed by atoms with Crippen LogP contribution in [0.25, 0.3) is 0 Å². The van der Waals surface area contributed by atoms with E-state index in [2.05, 4.69) is 5.32 Å². The lowest BCUT2D eigenvalue weighted by atomic mass is 10.1. The molecule has 0 amide bonds. The molecule has 0 aromatic heterocycles. The highest BCUT2D eigenvalue weighted by Gasteiger charge is 2.11. The van der Waals surface area contributed by atoms with Crippen LogP contribution in [0.1, 0.15) is 11.7 Å². The first-order valence-electron chi connectivity index (χ1n) is 6.11. The number of methoxy groups -OCH3 is 1. The van der Waals surface area contributed by atoms with E-state index in [0.29, 0.717) is 11.3 Å². The monoisotopic (exact) mass is 279 g/mol. The third kappa shape index (κ3) is 3.24. The molecule has 0 radical (unpaired) electrons. The predicted molar refractivity (Wildman–Crippen MR) is 72.8 cm³/mol. The molecule has 0 heterocycles. The van der Waals surface area contributed by atoms with Crippen molar-refractivity contribution in [2.24, 2.45) is 0 Å². The highest BCUT2D eigenvalue weighted by molar-refractivity contribution is 5.45. The number of halogens is 2. The van der Waals surface area contributed by atoms with E-state index in [1.54, 1.807) is 24.3 Å². The van der Waals surface area contributed by atoms with Crippen molar-refractivity contribution in [1.29, 1.82) is 0 Å². The van der Waals surface area contributed by atoms with Gasteiger partial charge in [0.05, 0.1) is 18.9 Å². The second kappa shape index (κ2) is 6.34. The minimum Gasteiger partial charge on any atom is -0.497 e. The van der Waals surface area contributed by atoms with Crippen LogP contribution in [0.3, 0.4) is 0 Å². The molecule has 0 saturated carbocycles. The van der Waals surface area contributed by atoms with Crippen molar-refractivity contribution in [2.45, 2.75) is 6.10 Å². The zero-order chi connectivity index (χ0) is 14.5. The number of nitrogens with one attached hydrogen (secondary N) is 1. The predicted octanol–water partition coefficient (Wildman–Crippen LogP) is 3.12. The Hall–Kier alpha value is -2.14. The van der Waals surface area contributed by atoms with Gasteiger partial charge in [0, 0.05) is 6.54 Å². The van der Waals surface area contributed by atoms with E-state index in [-0.39, 0.29) is 12.2 Å². The number of aliphatic hydroxyl groups is 1. The lowest BCUT2D eigenvalue weighted by Crippen LogP contribution is -2.13. The first kappa shape index (κ1) is 14.3. The molecule has 2 aromatic rings. The van der Waals surface area contributed by atoms with Crippen LogP contribution < -0.4 is 10.1 Å². The topological polar surface area (TPSA) is 41.5 Å². The molecule has 0 bridgehead atoms. The molecule has 0 spiro atoms. The maximum absolute atomic E-state index is 13.4. The van der Waals surface area contributed by atoms with E-state index in [9.17, 15) is 13.9 Å². The third-order valence-corrected chi connectivity index (χ3v) is 2.92.